The first kappa shape index (κ1) is 15.1. The molecule has 1 aromatic heterocycles. The Bertz CT molecular complexity index is 459. The van der Waals surface area contributed by atoms with Crippen LogP contribution in [0, 0.1) is 0 Å². The van der Waals surface area contributed by atoms with Gasteiger partial charge in [-0.3, -0.25) is 9.78 Å². The molecule has 5 nitrogen and oxygen atoms in total. The average molecular weight is 264 g/mol. The zero-order chi connectivity index (χ0) is 14.5. The van der Waals surface area contributed by atoms with Crippen molar-refractivity contribution >= 4 is 11.9 Å². The van der Waals surface area contributed by atoms with Crippen LogP contribution in [0.2, 0.25) is 0 Å². The number of hydrogen-bond acceptors (Lipinski definition) is 3. The van der Waals surface area contributed by atoms with Gasteiger partial charge in [0.05, 0.1) is 5.56 Å². The van der Waals surface area contributed by atoms with E-state index in [9.17, 15) is 9.59 Å². The lowest BCUT2D eigenvalue weighted by molar-refractivity contribution is 0.0696. The Kier molecular flexibility index (Phi) is 5.03. The maximum absolute atomic E-state index is 12.1. The van der Waals surface area contributed by atoms with Crippen LogP contribution in [0.3, 0.4) is 0 Å². The number of hydrogen-bond donors (Lipinski definition) is 2. The summed E-state index contributed by atoms with van der Waals surface area (Å²) in [5.41, 5.74) is -0.0484. The van der Waals surface area contributed by atoms with Crippen LogP contribution in [0.1, 0.15) is 60.9 Å². The fourth-order valence-electron chi connectivity index (χ4n) is 2.01. The Morgan fingerprint density at radius 3 is 2.32 bits per heavy atom. The lowest BCUT2D eigenvalue weighted by atomic mass is 9.89. The van der Waals surface area contributed by atoms with Gasteiger partial charge in [-0.05, 0) is 31.4 Å². The normalized spacial score (nSPS) is 11.1. The highest BCUT2D eigenvalue weighted by Crippen LogP contribution is 2.19. The fourth-order valence-corrected chi connectivity index (χ4v) is 2.01. The van der Waals surface area contributed by atoms with E-state index < -0.39 is 5.97 Å². The fraction of sp³-hybridized carbons (Fsp3) is 0.500. The quantitative estimate of drug-likeness (QED) is 0.827. The first-order chi connectivity index (χ1) is 8.98. The third-order valence-corrected chi connectivity index (χ3v) is 3.65. The summed E-state index contributed by atoms with van der Waals surface area (Å²) in [5.74, 6) is -1.39. The van der Waals surface area contributed by atoms with Gasteiger partial charge in [0.15, 0.2) is 0 Å². The summed E-state index contributed by atoms with van der Waals surface area (Å²) in [4.78, 5) is 26.9. The van der Waals surface area contributed by atoms with E-state index in [0.717, 1.165) is 19.3 Å². The predicted molar refractivity (Wildman–Crippen MR) is 72.3 cm³/mol. The highest BCUT2D eigenvalue weighted by atomic mass is 16.4. The molecule has 2 N–H and O–H groups in total. The molecule has 0 aliphatic rings. The van der Waals surface area contributed by atoms with Crippen LogP contribution in [0.4, 0.5) is 0 Å². The molecule has 0 aromatic carbocycles. The molecule has 0 saturated heterocycles. The van der Waals surface area contributed by atoms with E-state index in [1.165, 1.54) is 18.3 Å². The number of carbonyl (C=O) groups is 2. The Balaban J connectivity index is 2.94. The first-order valence-corrected chi connectivity index (χ1v) is 6.50. The minimum Gasteiger partial charge on any atom is -0.478 e. The van der Waals surface area contributed by atoms with Crippen molar-refractivity contribution < 1.29 is 14.7 Å². The summed E-state index contributed by atoms with van der Waals surface area (Å²) in [6.07, 6.45) is 3.81. The van der Waals surface area contributed by atoms with Crippen molar-refractivity contribution in [3.05, 3.63) is 29.6 Å². The molecule has 1 amide bonds. The molecule has 104 valence electrons. The van der Waals surface area contributed by atoms with Gasteiger partial charge in [0.25, 0.3) is 5.91 Å². The Morgan fingerprint density at radius 1 is 1.26 bits per heavy atom. The number of carboxylic acids is 1. The monoisotopic (exact) mass is 264 g/mol. The van der Waals surface area contributed by atoms with Gasteiger partial charge in [-0.15, -0.1) is 0 Å². The van der Waals surface area contributed by atoms with Crippen molar-refractivity contribution in [3.8, 4) is 0 Å². The second-order valence-corrected chi connectivity index (χ2v) is 4.53. The van der Waals surface area contributed by atoms with Gasteiger partial charge in [-0.2, -0.15) is 0 Å². The Labute approximate surface area is 113 Å². The summed E-state index contributed by atoms with van der Waals surface area (Å²) < 4.78 is 0. The topological polar surface area (TPSA) is 79.3 Å². The number of rotatable bonds is 6. The van der Waals surface area contributed by atoms with Gasteiger partial charge < -0.3 is 10.4 Å². The van der Waals surface area contributed by atoms with Gasteiger partial charge in [-0.1, -0.05) is 20.8 Å². The summed E-state index contributed by atoms with van der Waals surface area (Å²) in [7, 11) is 0. The number of aromatic carboxylic acids is 1. The standard InChI is InChI=1S/C14H20N2O3/c1-4-14(5-2,6-3)16-12(17)11-9-10(13(18)19)7-8-15-11/h7-9H,4-6H2,1-3H3,(H,16,17)(H,18,19). The number of carbonyl (C=O) groups excluding carboxylic acids is 1. The molecule has 0 radical (unpaired) electrons. The summed E-state index contributed by atoms with van der Waals surface area (Å²) in [6, 6.07) is 2.66. The molecule has 0 atom stereocenters. The van der Waals surface area contributed by atoms with Crippen molar-refractivity contribution in [1.29, 1.82) is 0 Å². The molecule has 1 heterocycles. The molecular formula is C14H20N2O3. The number of nitrogens with one attached hydrogen (secondary N) is 1. The maximum Gasteiger partial charge on any atom is 0.335 e. The lowest BCUT2D eigenvalue weighted by Crippen LogP contribution is -2.47. The minimum atomic E-state index is -1.07. The molecule has 19 heavy (non-hydrogen) atoms. The zero-order valence-corrected chi connectivity index (χ0v) is 11.6. The molecule has 1 rings (SSSR count). The predicted octanol–water partition coefficient (Wildman–Crippen LogP) is 2.48. The molecule has 1 aromatic rings. The summed E-state index contributed by atoms with van der Waals surface area (Å²) >= 11 is 0. The number of carboxylic acid groups (broad SMARTS) is 1. The van der Waals surface area contributed by atoms with Crippen molar-refractivity contribution in [1.82, 2.24) is 10.3 Å². The van der Waals surface area contributed by atoms with Crippen molar-refractivity contribution in [2.24, 2.45) is 0 Å². The second-order valence-electron chi connectivity index (χ2n) is 4.53. The molecular weight excluding hydrogens is 244 g/mol. The van der Waals surface area contributed by atoms with Crippen LogP contribution in [0.15, 0.2) is 18.3 Å². The minimum absolute atomic E-state index is 0.0650. The SMILES string of the molecule is CCC(CC)(CC)NC(=O)c1cc(C(=O)O)ccn1. The van der Waals surface area contributed by atoms with E-state index in [0.29, 0.717) is 0 Å². The third kappa shape index (κ3) is 3.53. The van der Waals surface area contributed by atoms with E-state index in [-0.39, 0.29) is 22.7 Å². The molecule has 0 saturated carbocycles. The van der Waals surface area contributed by atoms with Gasteiger partial charge in [-0.25, -0.2) is 4.79 Å². The van der Waals surface area contributed by atoms with Gasteiger partial charge >= 0.3 is 5.97 Å². The van der Waals surface area contributed by atoms with E-state index >= 15 is 0 Å². The number of pyridine rings is 1. The number of nitrogens with zero attached hydrogens (tertiary/aromatic N) is 1. The van der Waals surface area contributed by atoms with Crippen molar-refractivity contribution in [2.75, 3.05) is 0 Å². The number of aromatic nitrogens is 1. The molecule has 5 heteroatoms. The van der Waals surface area contributed by atoms with E-state index in [1.54, 1.807) is 0 Å². The van der Waals surface area contributed by atoms with Gasteiger partial charge in [0, 0.05) is 11.7 Å². The van der Waals surface area contributed by atoms with E-state index in [4.69, 9.17) is 5.11 Å². The summed E-state index contributed by atoms with van der Waals surface area (Å²) in [6.45, 7) is 6.07. The first-order valence-electron chi connectivity index (χ1n) is 6.50. The van der Waals surface area contributed by atoms with Crippen molar-refractivity contribution in [2.45, 2.75) is 45.6 Å². The van der Waals surface area contributed by atoms with Crippen LogP contribution in [0.25, 0.3) is 0 Å². The molecule has 0 bridgehead atoms. The Hall–Kier alpha value is -1.91. The van der Waals surface area contributed by atoms with E-state index in [2.05, 4.69) is 10.3 Å². The molecule has 0 spiro atoms. The smallest absolute Gasteiger partial charge is 0.335 e. The lowest BCUT2D eigenvalue weighted by Gasteiger charge is -2.31. The number of amides is 1. The molecule has 0 fully saturated rings. The zero-order valence-electron chi connectivity index (χ0n) is 11.6. The second kappa shape index (κ2) is 6.31. The van der Waals surface area contributed by atoms with Crippen LogP contribution in [-0.2, 0) is 0 Å². The van der Waals surface area contributed by atoms with Crippen molar-refractivity contribution in [3.63, 3.8) is 0 Å². The van der Waals surface area contributed by atoms with Gasteiger partial charge in [0.2, 0.25) is 0 Å². The summed E-state index contributed by atoms with van der Waals surface area (Å²) in [5, 5.41) is 11.9. The van der Waals surface area contributed by atoms with Crippen LogP contribution >= 0.6 is 0 Å². The van der Waals surface area contributed by atoms with Crippen LogP contribution < -0.4 is 5.32 Å². The Morgan fingerprint density at radius 2 is 1.84 bits per heavy atom. The van der Waals surface area contributed by atoms with Gasteiger partial charge in [0.1, 0.15) is 5.69 Å². The maximum atomic E-state index is 12.1. The molecule has 0 aliphatic heterocycles. The molecule has 0 aliphatic carbocycles. The highest BCUT2D eigenvalue weighted by Gasteiger charge is 2.26. The highest BCUT2D eigenvalue weighted by molar-refractivity contribution is 5.96. The molecule has 0 unspecified atom stereocenters. The van der Waals surface area contributed by atoms with Crippen LogP contribution in [-0.4, -0.2) is 27.5 Å². The van der Waals surface area contributed by atoms with E-state index in [1.807, 2.05) is 20.8 Å². The average Bonchev–Trinajstić information content (AvgIpc) is 2.45. The third-order valence-electron chi connectivity index (χ3n) is 3.65. The van der Waals surface area contributed by atoms with Crippen LogP contribution in [0.5, 0.6) is 0 Å². The largest absolute Gasteiger partial charge is 0.478 e.